The normalized spacial score (nSPS) is 25.5. The molecular formula is C24H39BrF2N4O2S2Si. The van der Waals surface area contributed by atoms with Crippen LogP contribution in [0.3, 0.4) is 0 Å². The molecule has 4 atom stereocenters. The van der Waals surface area contributed by atoms with Crippen molar-refractivity contribution in [1.82, 2.24) is 9.71 Å². The zero-order valence-electron chi connectivity index (χ0n) is 22.3. The van der Waals surface area contributed by atoms with E-state index in [0.717, 1.165) is 18.1 Å². The second-order valence-electron chi connectivity index (χ2n) is 10.8. The summed E-state index contributed by atoms with van der Waals surface area (Å²) in [7, 11) is -7.52. The SMILES string of the molecule is CC[Si](CC)(CC)c1cc(Br)nc([C@](CF)(C[S@@]2(=O)=NCCC[C@]2(C)C#N)N[S@](=O)C(C)(C)C)c1F. The van der Waals surface area contributed by atoms with E-state index in [2.05, 4.69) is 36.1 Å². The summed E-state index contributed by atoms with van der Waals surface area (Å²) in [6.07, 6.45) is 0.907. The largest absolute Gasteiger partial charge is 0.249 e. The molecule has 0 spiro atoms. The monoisotopic (exact) mass is 624 g/mol. The third-order valence-electron chi connectivity index (χ3n) is 7.55. The summed E-state index contributed by atoms with van der Waals surface area (Å²) < 4.78 is 64.8. The van der Waals surface area contributed by atoms with E-state index in [9.17, 15) is 13.7 Å². The van der Waals surface area contributed by atoms with Crippen LogP contribution in [0.5, 0.6) is 0 Å². The molecule has 1 aromatic rings. The van der Waals surface area contributed by atoms with Crippen LogP contribution in [-0.2, 0) is 26.3 Å². The highest BCUT2D eigenvalue weighted by Crippen LogP contribution is 2.37. The van der Waals surface area contributed by atoms with Crippen LogP contribution in [0.2, 0.25) is 18.1 Å². The number of hydrogen-bond acceptors (Lipinski definition) is 5. The van der Waals surface area contributed by atoms with E-state index in [0.29, 0.717) is 22.6 Å². The number of halogens is 3. The summed E-state index contributed by atoms with van der Waals surface area (Å²) in [5, 5.41) is 10.4. The van der Waals surface area contributed by atoms with Crippen molar-refractivity contribution in [2.24, 2.45) is 4.36 Å². The standard InChI is InChI=1S/C24H39BrF2N4O2S2Si/c1-8-36(9-2,10-3)18-14-19(25)30-21(20(18)27)24(15-26,31-34(32)22(4,5)6)17-35(33)23(7,16-28)12-11-13-29-35/h14,31H,8-13,15,17H2,1-7H3/t23-,24+,34-,35+/m1/s1. The molecule has 0 aliphatic carbocycles. The fourth-order valence-electron chi connectivity index (χ4n) is 4.72. The predicted molar refractivity (Wildman–Crippen MR) is 151 cm³/mol. The second kappa shape index (κ2) is 11.6. The van der Waals surface area contributed by atoms with Crippen LogP contribution < -0.4 is 9.91 Å². The van der Waals surface area contributed by atoms with Crippen molar-refractivity contribution in [3.63, 3.8) is 0 Å². The van der Waals surface area contributed by atoms with Gasteiger partial charge in [-0.2, -0.15) is 5.26 Å². The molecule has 2 rings (SSSR count). The van der Waals surface area contributed by atoms with Crippen LogP contribution in [0, 0.1) is 17.1 Å². The molecule has 36 heavy (non-hydrogen) atoms. The van der Waals surface area contributed by atoms with Crippen LogP contribution >= 0.6 is 15.9 Å². The Morgan fingerprint density at radius 2 is 1.89 bits per heavy atom. The van der Waals surface area contributed by atoms with Gasteiger partial charge in [-0.05, 0) is 67.7 Å². The van der Waals surface area contributed by atoms with Gasteiger partial charge in [0.25, 0.3) is 0 Å². The zero-order valence-corrected chi connectivity index (χ0v) is 26.6. The van der Waals surface area contributed by atoms with Crippen molar-refractivity contribution < 1.29 is 17.2 Å². The topological polar surface area (TPSA) is 95.2 Å². The lowest BCUT2D eigenvalue weighted by atomic mass is 9.99. The van der Waals surface area contributed by atoms with Crippen molar-refractivity contribution in [2.45, 2.75) is 94.5 Å². The molecule has 204 valence electrons. The van der Waals surface area contributed by atoms with Gasteiger partial charge < -0.3 is 0 Å². The first-order valence-electron chi connectivity index (χ1n) is 12.4. The van der Waals surface area contributed by atoms with Crippen LogP contribution in [-0.4, -0.2) is 49.9 Å². The molecule has 0 saturated heterocycles. The molecule has 12 heteroatoms. The van der Waals surface area contributed by atoms with Gasteiger partial charge in [0.05, 0.1) is 45.4 Å². The minimum atomic E-state index is -3.37. The molecule has 0 bridgehead atoms. The van der Waals surface area contributed by atoms with E-state index in [1.54, 1.807) is 33.8 Å². The highest BCUT2D eigenvalue weighted by atomic mass is 79.9. The first kappa shape index (κ1) is 31.5. The van der Waals surface area contributed by atoms with Crippen LogP contribution in [0.15, 0.2) is 15.0 Å². The molecule has 2 heterocycles. The van der Waals surface area contributed by atoms with Crippen molar-refractivity contribution in [2.75, 3.05) is 19.0 Å². The van der Waals surface area contributed by atoms with Crippen molar-refractivity contribution in [3.05, 3.63) is 22.2 Å². The smallest absolute Gasteiger partial charge is 0.146 e. The van der Waals surface area contributed by atoms with Crippen molar-refractivity contribution in [1.29, 1.82) is 5.26 Å². The fourth-order valence-corrected chi connectivity index (χ4v) is 12.7. The Morgan fingerprint density at radius 3 is 2.36 bits per heavy atom. The lowest BCUT2D eigenvalue weighted by Crippen LogP contribution is -2.58. The summed E-state index contributed by atoms with van der Waals surface area (Å²) in [6, 6.07) is 6.17. The molecule has 1 aromatic heterocycles. The maximum absolute atomic E-state index is 16.5. The van der Waals surface area contributed by atoms with E-state index in [4.69, 9.17) is 0 Å². The number of nitrogens with zero attached hydrogens (tertiary/aromatic N) is 3. The van der Waals surface area contributed by atoms with E-state index < -0.39 is 62.1 Å². The van der Waals surface area contributed by atoms with E-state index >= 15 is 8.78 Å². The summed E-state index contributed by atoms with van der Waals surface area (Å²) >= 11 is 3.40. The van der Waals surface area contributed by atoms with Gasteiger partial charge in [-0.25, -0.2) is 31.3 Å². The number of rotatable bonds is 10. The molecule has 0 saturated carbocycles. The summed E-state index contributed by atoms with van der Waals surface area (Å²) in [5.74, 6) is -1.16. The molecule has 0 unspecified atom stereocenters. The first-order chi connectivity index (χ1) is 16.6. The fraction of sp³-hybridized carbons (Fsp3) is 0.750. The molecule has 0 amide bonds. The van der Waals surface area contributed by atoms with E-state index in [1.165, 1.54) is 0 Å². The van der Waals surface area contributed by atoms with Gasteiger partial charge in [-0.1, -0.05) is 38.9 Å². The maximum Gasteiger partial charge on any atom is 0.146 e. The van der Waals surface area contributed by atoms with Crippen LogP contribution in [0.4, 0.5) is 8.78 Å². The lowest BCUT2D eigenvalue weighted by molar-refractivity contribution is 0.297. The van der Waals surface area contributed by atoms with Gasteiger partial charge in [0.15, 0.2) is 0 Å². The van der Waals surface area contributed by atoms with Gasteiger partial charge in [-0.3, -0.25) is 0 Å². The molecular weight excluding hydrogens is 586 g/mol. The Labute approximate surface area is 227 Å². The van der Waals surface area contributed by atoms with E-state index in [1.807, 2.05) is 20.8 Å². The third-order valence-corrected chi connectivity index (χ3v) is 18.4. The summed E-state index contributed by atoms with van der Waals surface area (Å²) in [6.45, 7) is 11.8. The Hall–Kier alpha value is -0.743. The zero-order chi connectivity index (χ0) is 27.6. The van der Waals surface area contributed by atoms with Gasteiger partial charge in [0, 0.05) is 6.54 Å². The van der Waals surface area contributed by atoms with Gasteiger partial charge in [0.1, 0.15) is 33.1 Å². The Balaban J connectivity index is 2.93. The molecule has 1 aliphatic heterocycles. The molecule has 0 radical (unpaired) electrons. The molecule has 0 aromatic carbocycles. The van der Waals surface area contributed by atoms with Crippen LogP contribution in [0.1, 0.15) is 67.0 Å². The molecule has 1 aliphatic rings. The molecule has 0 fully saturated rings. The number of alkyl halides is 1. The first-order valence-corrected chi connectivity index (χ1v) is 18.6. The summed E-state index contributed by atoms with van der Waals surface area (Å²) in [5.41, 5.74) is -2.27. The van der Waals surface area contributed by atoms with Gasteiger partial charge in [-0.15, -0.1) is 0 Å². The Kier molecular flexibility index (Phi) is 10.1. The third kappa shape index (κ3) is 5.80. The Morgan fingerprint density at radius 1 is 1.31 bits per heavy atom. The van der Waals surface area contributed by atoms with Crippen LogP contribution in [0.25, 0.3) is 0 Å². The quantitative estimate of drug-likeness (QED) is 0.276. The average Bonchev–Trinajstić information content (AvgIpc) is 2.83. The minimum Gasteiger partial charge on any atom is -0.249 e. The number of hydrogen-bond donors (Lipinski definition) is 1. The second-order valence-corrected chi connectivity index (χ2v) is 21.5. The van der Waals surface area contributed by atoms with Crippen molar-refractivity contribution in [3.8, 4) is 6.07 Å². The lowest BCUT2D eigenvalue weighted by Gasteiger charge is -2.39. The maximum atomic E-state index is 16.5. The summed E-state index contributed by atoms with van der Waals surface area (Å²) in [4.78, 5) is 4.38. The van der Waals surface area contributed by atoms with Gasteiger partial charge in [0.2, 0.25) is 0 Å². The number of nitrogens with one attached hydrogen (secondary N) is 1. The van der Waals surface area contributed by atoms with Gasteiger partial charge >= 0.3 is 0 Å². The number of aromatic nitrogens is 1. The minimum absolute atomic E-state index is 0.261. The Bertz CT molecular complexity index is 1150. The number of pyridine rings is 1. The predicted octanol–water partition coefficient (Wildman–Crippen LogP) is 5.46. The highest BCUT2D eigenvalue weighted by molar-refractivity contribution is 9.10. The average molecular weight is 626 g/mol. The highest BCUT2D eigenvalue weighted by Gasteiger charge is 2.50. The molecule has 1 N–H and O–H groups in total. The van der Waals surface area contributed by atoms with Crippen molar-refractivity contribution >= 4 is 49.9 Å². The molecule has 6 nitrogen and oxygen atoms in total. The number of nitriles is 1. The van der Waals surface area contributed by atoms with E-state index in [-0.39, 0.29) is 12.2 Å².